The Morgan fingerprint density at radius 3 is 3.04 bits per heavy atom. The summed E-state index contributed by atoms with van der Waals surface area (Å²) >= 11 is 3.10. The van der Waals surface area contributed by atoms with Crippen LogP contribution in [-0.4, -0.2) is 42.6 Å². The van der Waals surface area contributed by atoms with E-state index in [-0.39, 0.29) is 11.7 Å². The molecule has 0 radical (unpaired) electrons. The molecule has 2 heterocycles. The van der Waals surface area contributed by atoms with Crippen LogP contribution in [-0.2, 0) is 4.79 Å². The van der Waals surface area contributed by atoms with Gasteiger partial charge in [0, 0.05) is 4.90 Å². The number of H-pyrrole nitrogens is 2. The summed E-state index contributed by atoms with van der Waals surface area (Å²) in [6, 6.07) is 6.07. The first kappa shape index (κ1) is 15.9. The van der Waals surface area contributed by atoms with Gasteiger partial charge < -0.3 is 4.98 Å². The molecule has 1 aromatic carbocycles. The van der Waals surface area contributed by atoms with Gasteiger partial charge in [-0.3, -0.25) is 15.2 Å². The number of benzene rings is 1. The van der Waals surface area contributed by atoms with Crippen LogP contribution >= 0.6 is 23.5 Å². The van der Waals surface area contributed by atoms with Gasteiger partial charge in [0.05, 0.1) is 16.8 Å². The second kappa shape index (κ2) is 7.51. The molecule has 23 heavy (non-hydrogen) atoms. The Kier molecular flexibility index (Phi) is 5.19. The maximum absolute atomic E-state index is 11.9. The lowest BCUT2D eigenvalue weighted by Gasteiger charge is -1.99. The Bertz CT molecular complexity index is 786. The normalized spacial score (nSPS) is 11.0. The molecule has 0 saturated carbocycles. The minimum absolute atomic E-state index is 0.147. The molecule has 3 N–H and O–H groups in total. The molecule has 0 fully saturated rings. The highest BCUT2D eigenvalue weighted by Crippen LogP contribution is 2.24. The van der Waals surface area contributed by atoms with E-state index >= 15 is 0 Å². The maximum Gasteiger partial charge on any atom is 0.237 e. The fourth-order valence-corrected chi connectivity index (χ4v) is 3.31. The molecule has 7 nitrogen and oxygen atoms in total. The fraction of sp³-hybridized carbons (Fsp3) is 0.286. The molecule has 0 aliphatic heterocycles. The first-order valence-electron chi connectivity index (χ1n) is 7.15. The second-order valence-electron chi connectivity index (χ2n) is 4.74. The summed E-state index contributed by atoms with van der Waals surface area (Å²) in [6.07, 6.45) is 2.55. The van der Waals surface area contributed by atoms with Crippen molar-refractivity contribution in [3.8, 4) is 0 Å². The largest absolute Gasteiger partial charge is 0.324 e. The van der Waals surface area contributed by atoms with Gasteiger partial charge in [0.15, 0.2) is 5.16 Å². The van der Waals surface area contributed by atoms with Crippen LogP contribution in [0.15, 0.2) is 34.6 Å². The number of imidazole rings is 1. The Morgan fingerprint density at radius 1 is 1.35 bits per heavy atom. The number of carbonyl (C=O) groups is 1. The number of aromatic nitrogens is 5. The summed E-state index contributed by atoms with van der Waals surface area (Å²) in [5.74, 6) is 1.64. The molecule has 3 rings (SSSR count). The Hall–Kier alpha value is -2.00. The molecule has 0 unspecified atom stereocenters. The molecular formula is C14H16N6OS2. The number of fused-ring (bicyclic) bond motifs is 1. The van der Waals surface area contributed by atoms with Gasteiger partial charge in [0.25, 0.3) is 0 Å². The zero-order valence-corrected chi connectivity index (χ0v) is 14.1. The number of nitrogens with one attached hydrogen (secondary N) is 3. The van der Waals surface area contributed by atoms with E-state index in [1.165, 1.54) is 23.0 Å². The van der Waals surface area contributed by atoms with E-state index in [0.29, 0.717) is 11.1 Å². The number of carbonyl (C=O) groups excluding carboxylic acids is 1. The van der Waals surface area contributed by atoms with Crippen LogP contribution in [0.2, 0.25) is 0 Å². The monoisotopic (exact) mass is 348 g/mol. The number of nitrogens with zero attached hydrogens (tertiary/aromatic N) is 3. The number of thioether (sulfide) groups is 2. The van der Waals surface area contributed by atoms with Crippen molar-refractivity contribution in [3.63, 3.8) is 0 Å². The topological polar surface area (TPSA) is 99.3 Å². The quantitative estimate of drug-likeness (QED) is 0.568. The molecule has 3 aromatic rings. The van der Waals surface area contributed by atoms with Crippen LogP contribution in [0.4, 0.5) is 5.95 Å². The highest BCUT2D eigenvalue weighted by Gasteiger charge is 2.09. The predicted octanol–water partition coefficient (Wildman–Crippen LogP) is 2.91. The summed E-state index contributed by atoms with van der Waals surface area (Å²) in [6.45, 7) is 2.16. The fourth-order valence-electron chi connectivity index (χ4n) is 1.92. The van der Waals surface area contributed by atoms with E-state index in [1.54, 1.807) is 0 Å². The molecule has 0 saturated heterocycles. The van der Waals surface area contributed by atoms with Crippen molar-refractivity contribution < 1.29 is 4.79 Å². The minimum Gasteiger partial charge on any atom is -0.324 e. The van der Waals surface area contributed by atoms with Gasteiger partial charge >= 0.3 is 0 Å². The smallest absolute Gasteiger partial charge is 0.237 e. The third kappa shape index (κ3) is 4.26. The number of amides is 1. The zero-order valence-electron chi connectivity index (χ0n) is 12.5. The van der Waals surface area contributed by atoms with E-state index in [0.717, 1.165) is 23.2 Å². The SMILES string of the molecule is CCCSc1ccc2nc(NC(=O)CSc3ncn[nH]3)[nH]c2c1. The third-order valence-electron chi connectivity index (χ3n) is 2.92. The number of aromatic amines is 2. The van der Waals surface area contributed by atoms with Crippen molar-refractivity contribution in [3.05, 3.63) is 24.5 Å². The van der Waals surface area contributed by atoms with Crippen molar-refractivity contribution >= 4 is 46.4 Å². The van der Waals surface area contributed by atoms with Gasteiger partial charge in [0.1, 0.15) is 6.33 Å². The number of hydrogen-bond donors (Lipinski definition) is 3. The summed E-state index contributed by atoms with van der Waals surface area (Å²) in [4.78, 5) is 24.6. The first-order valence-corrected chi connectivity index (χ1v) is 9.12. The summed E-state index contributed by atoms with van der Waals surface area (Å²) in [5, 5.41) is 9.80. The molecular weight excluding hydrogens is 332 g/mol. The minimum atomic E-state index is -0.147. The molecule has 120 valence electrons. The highest BCUT2D eigenvalue weighted by atomic mass is 32.2. The van der Waals surface area contributed by atoms with E-state index in [1.807, 2.05) is 17.8 Å². The first-order chi connectivity index (χ1) is 11.2. The van der Waals surface area contributed by atoms with Crippen molar-refractivity contribution in [2.75, 3.05) is 16.8 Å². The van der Waals surface area contributed by atoms with Crippen LogP contribution in [0, 0.1) is 0 Å². The van der Waals surface area contributed by atoms with E-state index in [2.05, 4.69) is 49.5 Å². The molecule has 2 aromatic heterocycles. The van der Waals surface area contributed by atoms with Crippen molar-refractivity contribution in [1.82, 2.24) is 25.1 Å². The van der Waals surface area contributed by atoms with Crippen LogP contribution < -0.4 is 5.32 Å². The maximum atomic E-state index is 11.9. The molecule has 1 amide bonds. The highest BCUT2D eigenvalue weighted by molar-refractivity contribution is 7.99. The van der Waals surface area contributed by atoms with Crippen molar-refractivity contribution in [2.45, 2.75) is 23.4 Å². The zero-order chi connectivity index (χ0) is 16.1. The van der Waals surface area contributed by atoms with Crippen molar-refractivity contribution in [2.24, 2.45) is 0 Å². The molecule has 0 aliphatic rings. The lowest BCUT2D eigenvalue weighted by atomic mass is 10.3. The Balaban J connectivity index is 1.62. The van der Waals surface area contributed by atoms with Gasteiger partial charge in [-0.25, -0.2) is 9.97 Å². The van der Waals surface area contributed by atoms with Crippen LogP contribution in [0.3, 0.4) is 0 Å². The second-order valence-corrected chi connectivity index (χ2v) is 6.87. The number of rotatable bonds is 7. The molecule has 9 heteroatoms. The number of anilines is 1. The van der Waals surface area contributed by atoms with Crippen molar-refractivity contribution in [1.29, 1.82) is 0 Å². The van der Waals surface area contributed by atoms with Gasteiger partial charge in [-0.2, -0.15) is 5.10 Å². The number of hydrogen-bond acceptors (Lipinski definition) is 6. The Labute approximate surface area is 141 Å². The van der Waals surface area contributed by atoms with E-state index in [4.69, 9.17) is 0 Å². The molecule has 0 atom stereocenters. The average molecular weight is 348 g/mol. The standard InChI is InChI=1S/C14H16N6OS2/c1-2-5-22-9-3-4-10-11(6-9)18-13(17-10)19-12(21)7-23-14-15-8-16-20-14/h3-4,6,8H,2,5,7H2,1H3,(H,15,16,20)(H2,17,18,19,21). The Morgan fingerprint density at radius 2 is 2.26 bits per heavy atom. The summed E-state index contributed by atoms with van der Waals surface area (Å²) in [5.41, 5.74) is 1.76. The van der Waals surface area contributed by atoms with Crippen LogP contribution in [0.5, 0.6) is 0 Å². The third-order valence-corrected chi connectivity index (χ3v) is 4.99. The van der Waals surface area contributed by atoms with Gasteiger partial charge in [-0.1, -0.05) is 18.7 Å². The van der Waals surface area contributed by atoms with Crippen LogP contribution in [0.25, 0.3) is 11.0 Å². The average Bonchev–Trinajstić information content (AvgIpc) is 3.19. The summed E-state index contributed by atoms with van der Waals surface area (Å²) < 4.78 is 0. The molecule has 0 spiro atoms. The molecule has 0 aliphatic carbocycles. The lowest BCUT2D eigenvalue weighted by molar-refractivity contribution is -0.113. The van der Waals surface area contributed by atoms with Gasteiger partial charge in [-0.05, 0) is 30.4 Å². The van der Waals surface area contributed by atoms with E-state index < -0.39 is 0 Å². The van der Waals surface area contributed by atoms with Gasteiger partial charge in [-0.15, -0.1) is 11.8 Å². The van der Waals surface area contributed by atoms with Gasteiger partial charge in [0.2, 0.25) is 11.9 Å². The van der Waals surface area contributed by atoms with E-state index in [9.17, 15) is 4.79 Å². The van der Waals surface area contributed by atoms with Crippen LogP contribution in [0.1, 0.15) is 13.3 Å². The molecule has 0 bridgehead atoms. The lowest BCUT2D eigenvalue weighted by Crippen LogP contribution is -2.15. The summed E-state index contributed by atoms with van der Waals surface area (Å²) in [7, 11) is 0. The predicted molar refractivity (Wildman–Crippen MR) is 92.8 cm³/mol.